The van der Waals surface area contributed by atoms with Crippen LogP contribution in [0.15, 0.2) is 18.2 Å². The number of carbonyl (C=O) groups is 2. The number of rotatable bonds is 4. The van der Waals surface area contributed by atoms with E-state index < -0.39 is 0 Å². The maximum atomic E-state index is 12.3. The number of anilines is 1. The smallest absolute Gasteiger partial charge is 0.256 e. The summed E-state index contributed by atoms with van der Waals surface area (Å²) in [7, 11) is 3.26. The topological polar surface area (TPSA) is 86.9 Å². The van der Waals surface area contributed by atoms with E-state index in [1.807, 2.05) is 0 Å². The maximum absolute atomic E-state index is 12.3. The first-order valence-corrected chi connectivity index (χ1v) is 5.94. The van der Waals surface area contributed by atoms with Gasteiger partial charge in [-0.05, 0) is 25.1 Å². The number of nitrogen functional groups attached to an aromatic ring is 1. The van der Waals surface area contributed by atoms with Crippen molar-refractivity contribution in [2.45, 2.75) is 6.92 Å². The monoisotopic (exact) mass is 265 g/mol. The van der Waals surface area contributed by atoms with Crippen molar-refractivity contribution in [3.8, 4) is 5.75 Å². The number of phenolic OH excluding ortho intramolecular Hbond substituents is 1. The van der Waals surface area contributed by atoms with Crippen LogP contribution in [0.5, 0.6) is 5.75 Å². The van der Waals surface area contributed by atoms with Gasteiger partial charge in [-0.25, -0.2) is 0 Å². The third-order valence-corrected chi connectivity index (χ3v) is 2.76. The molecule has 0 spiro atoms. The first kappa shape index (κ1) is 14.8. The van der Waals surface area contributed by atoms with Gasteiger partial charge < -0.3 is 20.6 Å². The average Bonchev–Trinajstić information content (AvgIpc) is 2.37. The van der Waals surface area contributed by atoms with Crippen molar-refractivity contribution >= 4 is 17.5 Å². The van der Waals surface area contributed by atoms with Crippen LogP contribution in [0.3, 0.4) is 0 Å². The van der Waals surface area contributed by atoms with E-state index in [0.29, 0.717) is 6.54 Å². The first-order valence-electron chi connectivity index (χ1n) is 5.94. The summed E-state index contributed by atoms with van der Waals surface area (Å²) in [6.07, 6.45) is 0. The summed E-state index contributed by atoms with van der Waals surface area (Å²) in [5, 5.41) is 9.41. The van der Waals surface area contributed by atoms with Crippen molar-refractivity contribution in [3.63, 3.8) is 0 Å². The summed E-state index contributed by atoms with van der Waals surface area (Å²) < 4.78 is 0. The predicted molar refractivity (Wildman–Crippen MR) is 72.8 cm³/mol. The number of likely N-dealkylation sites (N-methyl/N-ethyl adjacent to an activating group) is 2. The van der Waals surface area contributed by atoms with E-state index in [9.17, 15) is 14.7 Å². The number of nitrogens with two attached hydrogens (primary N) is 1. The van der Waals surface area contributed by atoms with Gasteiger partial charge >= 0.3 is 0 Å². The molecule has 0 saturated heterocycles. The Labute approximate surface area is 112 Å². The molecular weight excluding hydrogens is 246 g/mol. The molecule has 2 amide bonds. The molecule has 0 radical (unpaired) electrons. The lowest BCUT2D eigenvalue weighted by Crippen LogP contribution is -2.40. The van der Waals surface area contributed by atoms with Crippen molar-refractivity contribution in [3.05, 3.63) is 23.8 Å². The lowest BCUT2D eigenvalue weighted by Gasteiger charge is -2.23. The molecule has 6 heteroatoms. The van der Waals surface area contributed by atoms with Crippen LogP contribution in [0.2, 0.25) is 0 Å². The van der Waals surface area contributed by atoms with E-state index in [2.05, 4.69) is 0 Å². The van der Waals surface area contributed by atoms with Gasteiger partial charge in [-0.1, -0.05) is 0 Å². The quantitative estimate of drug-likeness (QED) is 0.614. The molecule has 0 fully saturated rings. The molecule has 104 valence electrons. The van der Waals surface area contributed by atoms with Crippen LogP contribution < -0.4 is 5.73 Å². The van der Waals surface area contributed by atoms with E-state index in [-0.39, 0.29) is 35.4 Å². The predicted octanol–water partition coefficient (Wildman–Crippen LogP) is 0.525. The van der Waals surface area contributed by atoms with Gasteiger partial charge in [0.1, 0.15) is 5.75 Å². The van der Waals surface area contributed by atoms with E-state index in [1.54, 1.807) is 21.0 Å². The first-order chi connectivity index (χ1) is 8.86. The molecule has 0 saturated carbocycles. The van der Waals surface area contributed by atoms with E-state index in [4.69, 9.17) is 5.73 Å². The number of hydrogen-bond acceptors (Lipinski definition) is 4. The second-order valence-electron chi connectivity index (χ2n) is 4.38. The molecule has 1 aromatic rings. The summed E-state index contributed by atoms with van der Waals surface area (Å²) in [6.45, 7) is 2.14. The van der Waals surface area contributed by atoms with Crippen molar-refractivity contribution in [2.75, 3.05) is 32.9 Å². The third kappa shape index (κ3) is 3.61. The summed E-state index contributed by atoms with van der Waals surface area (Å²) in [6, 6.07) is 4.18. The van der Waals surface area contributed by atoms with Crippen molar-refractivity contribution in [1.82, 2.24) is 9.80 Å². The van der Waals surface area contributed by atoms with Crippen molar-refractivity contribution < 1.29 is 14.7 Å². The Bertz CT molecular complexity index is 486. The van der Waals surface area contributed by atoms with Gasteiger partial charge in [-0.2, -0.15) is 0 Å². The Morgan fingerprint density at radius 1 is 1.32 bits per heavy atom. The number of amides is 2. The molecule has 1 rings (SSSR count). The molecule has 6 nitrogen and oxygen atoms in total. The normalized spacial score (nSPS) is 10.1. The minimum absolute atomic E-state index is 0.0164. The highest BCUT2D eigenvalue weighted by atomic mass is 16.3. The lowest BCUT2D eigenvalue weighted by atomic mass is 10.1. The van der Waals surface area contributed by atoms with Crippen LogP contribution in [0.1, 0.15) is 17.3 Å². The lowest BCUT2D eigenvalue weighted by molar-refractivity contribution is -0.129. The zero-order valence-electron chi connectivity index (χ0n) is 11.4. The molecule has 19 heavy (non-hydrogen) atoms. The van der Waals surface area contributed by atoms with Crippen LogP contribution in [0, 0.1) is 0 Å². The zero-order valence-corrected chi connectivity index (χ0v) is 11.4. The fourth-order valence-electron chi connectivity index (χ4n) is 1.53. The highest BCUT2D eigenvalue weighted by Crippen LogP contribution is 2.20. The van der Waals surface area contributed by atoms with Gasteiger partial charge in [-0.15, -0.1) is 0 Å². The van der Waals surface area contributed by atoms with Crippen LogP contribution in [0.25, 0.3) is 0 Å². The SMILES string of the molecule is CCN(CC(=O)N(C)C)C(=O)c1cc(O)ccc1N. The van der Waals surface area contributed by atoms with Gasteiger partial charge in [-0.3, -0.25) is 9.59 Å². The minimum Gasteiger partial charge on any atom is -0.508 e. The van der Waals surface area contributed by atoms with Crippen molar-refractivity contribution in [1.29, 1.82) is 0 Å². The molecule has 0 atom stereocenters. The van der Waals surface area contributed by atoms with Crippen LogP contribution in [-0.2, 0) is 4.79 Å². The molecular formula is C13H19N3O3. The highest BCUT2D eigenvalue weighted by molar-refractivity contribution is 6.01. The number of benzene rings is 1. The summed E-state index contributed by atoms with van der Waals surface area (Å²) in [4.78, 5) is 26.7. The summed E-state index contributed by atoms with van der Waals surface area (Å²) >= 11 is 0. The number of hydrogen-bond donors (Lipinski definition) is 2. The Balaban J connectivity index is 2.95. The molecule has 0 unspecified atom stereocenters. The van der Waals surface area contributed by atoms with Crippen LogP contribution in [-0.4, -0.2) is 53.9 Å². The van der Waals surface area contributed by atoms with E-state index in [0.717, 1.165) is 0 Å². The minimum atomic E-state index is -0.369. The number of phenols is 1. The number of aromatic hydroxyl groups is 1. The molecule has 0 heterocycles. The molecule has 0 bridgehead atoms. The van der Waals surface area contributed by atoms with Crippen LogP contribution >= 0.6 is 0 Å². The van der Waals surface area contributed by atoms with Gasteiger partial charge in [0.05, 0.1) is 12.1 Å². The third-order valence-electron chi connectivity index (χ3n) is 2.76. The maximum Gasteiger partial charge on any atom is 0.256 e. The molecule has 0 aliphatic heterocycles. The van der Waals surface area contributed by atoms with Gasteiger partial charge in [0.2, 0.25) is 5.91 Å². The Kier molecular flexibility index (Phi) is 4.74. The Hall–Kier alpha value is -2.24. The zero-order chi connectivity index (χ0) is 14.6. The van der Waals surface area contributed by atoms with E-state index in [1.165, 1.54) is 28.0 Å². The second-order valence-corrected chi connectivity index (χ2v) is 4.38. The van der Waals surface area contributed by atoms with Gasteiger partial charge in [0.25, 0.3) is 5.91 Å². The van der Waals surface area contributed by atoms with E-state index >= 15 is 0 Å². The highest BCUT2D eigenvalue weighted by Gasteiger charge is 2.20. The fourth-order valence-corrected chi connectivity index (χ4v) is 1.53. The summed E-state index contributed by atoms with van der Waals surface area (Å²) in [5.41, 5.74) is 6.20. The van der Waals surface area contributed by atoms with Crippen LogP contribution in [0.4, 0.5) is 5.69 Å². The average molecular weight is 265 g/mol. The number of carbonyl (C=O) groups excluding carboxylic acids is 2. The fraction of sp³-hybridized carbons (Fsp3) is 0.385. The standard InChI is InChI=1S/C13H19N3O3/c1-4-16(8-12(18)15(2)3)13(19)10-7-9(17)5-6-11(10)14/h5-7,17H,4,8,14H2,1-3H3. The van der Waals surface area contributed by atoms with Gasteiger partial charge in [0.15, 0.2) is 0 Å². The van der Waals surface area contributed by atoms with Gasteiger partial charge in [0, 0.05) is 26.3 Å². The largest absolute Gasteiger partial charge is 0.508 e. The Morgan fingerprint density at radius 2 is 1.95 bits per heavy atom. The molecule has 0 aliphatic rings. The number of nitrogens with zero attached hydrogens (tertiary/aromatic N) is 2. The Morgan fingerprint density at radius 3 is 2.47 bits per heavy atom. The second kappa shape index (κ2) is 6.08. The molecule has 1 aromatic carbocycles. The summed E-state index contributed by atoms with van der Waals surface area (Å²) in [5.74, 6) is -0.576. The molecule has 0 aliphatic carbocycles. The van der Waals surface area contributed by atoms with Crippen molar-refractivity contribution in [2.24, 2.45) is 0 Å². The molecule has 3 N–H and O–H groups in total. The molecule has 0 aromatic heterocycles.